The Morgan fingerprint density at radius 3 is 2.91 bits per heavy atom. The van der Waals surface area contributed by atoms with Gasteiger partial charge in [-0.15, -0.1) is 0 Å². The second-order valence-electron chi connectivity index (χ2n) is 5.71. The van der Waals surface area contributed by atoms with Gasteiger partial charge in [0.15, 0.2) is 0 Å². The van der Waals surface area contributed by atoms with Gasteiger partial charge in [0.05, 0.1) is 6.10 Å². The first-order valence-corrected chi connectivity index (χ1v) is 8.14. The Balaban J connectivity index is 1.80. The van der Waals surface area contributed by atoms with Crippen LogP contribution in [0.3, 0.4) is 0 Å². The van der Waals surface area contributed by atoms with Gasteiger partial charge in [-0.05, 0) is 43.5 Å². The minimum Gasteiger partial charge on any atom is -0.376 e. The van der Waals surface area contributed by atoms with Crippen LogP contribution in [0.25, 0.3) is 0 Å². The summed E-state index contributed by atoms with van der Waals surface area (Å²) in [5.74, 6) is -0.138. The second kappa shape index (κ2) is 9.27. The third-order valence-corrected chi connectivity index (χ3v) is 3.80. The zero-order valence-corrected chi connectivity index (χ0v) is 13.3. The summed E-state index contributed by atoms with van der Waals surface area (Å²) in [4.78, 5) is 23.7. The Morgan fingerprint density at radius 1 is 1.30 bits per heavy atom. The minimum absolute atomic E-state index is 0.0244. The Hall–Kier alpha value is -1.92. The van der Waals surface area contributed by atoms with E-state index in [4.69, 9.17) is 10.5 Å². The van der Waals surface area contributed by atoms with Crippen molar-refractivity contribution in [3.05, 3.63) is 35.4 Å². The van der Waals surface area contributed by atoms with E-state index in [-0.39, 0.29) is 17.9 Å². The Labute approximate surface area is 136 Å². The van der Waals surface area contributed by atoms with Gasteiger partial charge in [0, 0.05) is 31.7 Å². The summed E-state index contributed by atoms with van der Waals surface area (Å²) in [6.07, 6.45) is 3.29. The van der Waals surface area contributed by atoms with Crippen molar-refractivity contribution in [1.82, 2.24) is 10.6 Å². The van der Waals surface area contributed by atoms with Gasteiger partial charge in [-0.2, -0.15) is 0 Å². The van der Waals surface area contributed by atoms with Crippen LogP contribution < -0.4 is 16.4 Å². The van der Waals surface area contributed by atoms with Crippen LogP contribution in [0.15, 0.2) is 24.3 Å². The smallest absolute Gasteiger partial charge is 0.251 e. The molecule has 1 fully saturated rings. The van der Waals surface area contributed by atoms with E-state index in [2.05, 4.69) is 10.6 Å². The van der Waals surface area contributed by atoms with Gasteiger partial charge in [0.1, 0.15) is 0 Å². The molecule has 1 aromatic rings. The molecule has 0 saturated carbocycles. The maximum atomic E-state index is 12.2. The van der Waals surface area contributed by atoms with Crippen LogP contribution >= 0.6 is 0 Å². The second-order valence-corrected chi connectivity index (χ2v) is 5.71. The summed E-state index contributed by atoms with van der Waals surface area (Å²) in [5, 5.41) is 5.73. The summed E-state index contributed by atoms with van der Waals surface area (Å²) in [6.45, 7) is 2.24. The summed E-state index contributed by atoms with van der Waals surface area (Å²) >= 11 is 0. The normalized spacial score (nSPS) is 17.0. The number of nitrogens with one attached hydrogen (secondary N) is 2. The van der Waals surface area contributed by atoms with E-state index in [0.29, 0.717) is 38.0 Å². The van der Waals surface area contributed by atoms with Gasteiger partial charge in [0.25, 0.3) is 5.91 Å². The van der Waals surface area contributed by atoms with E-state index in [0.717, 1.165) is 25.0 Å². The van der Waals surface area contributed by atoms with Crippen LogP contribution in [0.4, 0.5) is 0 Å². The average molecular weight is 319 g/mol. The monoisotopic (exact) mass is 319 g/mol. The molecule has 2 amide bonds. The number of hydrogen-bond acceptors (Lipinski definition) is 4. The predicted molar refractivity (Wildman–Crippen MR) is 87.9 cm³/mol. The van der Waals surface area contributed by atoms with Crippen LogP contribution in [-0.4, -0.2) is 37.6 Å². The molecule has 6 heteroatoms. The number of hydrogen-bond donors (Lipinski definition) is 3. The molecule has 4 N–H and O–H groups in total. The highest BCUT2D eigenvalue weighted by molar-refractivity contribution is 5.94. The SMILES string of the molecule is NCCCC(=O)NCc1cccc(C(=O)NCC2CCCO2)c1. The predicted octanol–water partition coefficient (Wildman–Crippen LogP) is 0.950. The fourth-order valence-electron chi connectivity index (χ4n) is 2.49. The van der Waals surface area contributed by atoms with Crippen molar-refractivity contribution in [3.8, 4) is 0 Å². The van der Waals surface area contributed by atoms with Gasteiger partial charge in [-0.3, -0.25) is 9.59 Å². The van der Waals surface area contributed by atoms with Crippen molar-refractivity contribution in [3.63, 3.8) is 0 Å². The molecular weight excluding hydrogens is 294 g/mol. The lowest BCUT2D eigenvalue weighted by atomic mass is 10.1. The molecule has 23 heavy (non-hydrogen) atoms. The molecule has 1 aliphatic heterocycles. The third kappa shape index (κ3) is 6.00. The number of ether oxygens (including phenoxy) is 1. The van der Waals surface area contributed by atoms with E-state index in [1.54, 1.807) is 12.1 Å². The van der Waals surface area contributed by atoms with E-state index in [9.17, 15) is 9.59 Å². The van der Waals surface area contributed by atoms with Crippen molar-refractivity contribution >= 4 is 11.8 Å². The number of benzene rings is 1. The Bertz CT molecular complexity index is 528. The largest absolute Gasteiger partial charge is 0.376 e. The molecule has 1 aromatic carbocycles. The lowest BCUT2D eigenvalue weighted by molar-refractivity contribution is -0.121. The van der Waals surface area contributed by atoms with Crippen molar-refractivity contribution in [2.24, 2.45) is 5.73 Å². The van der Waals surface area contributed by atoms with E-state index in [1.807, 2.05) is 12.1 Å². The molecule has 126 valence electrons. The van der Waals surface area contributed by atoms with E-state index in [1.165, 1.54) is 0 Å². The highest BCUT2D eigenvalue weighted by atomic mass is 16.5. The zero-order chi connectivity index (χ0) is 16.5. The van der Waals surface area contributed by atoms with Crippen molar-refractivity contribution < 1.29 is 14.3 Å². The molecule has 0 aromatic heterocycles. The number of nitrogens with two attached hydrogens (primary N) is 1. The molecule has 0 bridgehead atoms. The van der Waals surface area contributed by atoms with Crippen LogP contribution in [0.5, 0.6) is 0 Å². The van der Waals surface area contributed by atoms with E-state index < -0.39 is 0 Å². The number of carbonyl (C=O) groups is 2. The molecule has 6 nitrogen and oxygen atoms in total. The minimum atomic E-state index is -0.114. The van der Waals surface area contributed by atoms with Gasteiger partial charge >= 0.3 is 0 Å². The molecule has 1 atom stereocenters. The summed E-state index contributed by atoms with van der Waals surface area (Å²) in [6, 6.07) is 7.28. The third-order valence-electron chi connectivity index (χ3n) is 3.80. The van der Waals surface area contributed by atoms with Crippen LogP contribution in [0, 0.1) is 0 Å². The molecule has 1 saturated heterocycles. The lowest BCUT2D eigenvalue weighted by Crippen LogP contribution is -2.31. The molecule has 2 rings (SSSR count). The summed E-state index contributed by atoms with van der Waals surface area (Å²) in [5.41, 5.74) is 6.87. The fourth-order valence-corrected chi connectivity index (χ4v) is 2.49. The summed E-state index contributed by atoms with van der Waals surface area (Å²) < 4.78 is 5.49. The number of rotatable bonds is 8. The standard InChI is InChI=1S/C17H25N3O3/c18-8-2-7-16(21)19-11-13-4-1-5-14(10-13)17(22)20-12-15-6-3-9-23-15/h1,4-5,10,15H,2-3,6-9,11-12,18H2,(H,19,21)(H,20,22). The first kappa shape index (κ1) is 17.4. The topological polar surface area (TPSA) is 93.5 Å². The fraction of sp³-hybridized carbons (Fsp3) is 0.529. The van der Waals surface area contributed by atoms with Gasteiger partial charge in [0.2, 0.25) is 5.91 Å². The molecule has 0 aliphatic carbocycles. The number of carbonyl (C=O) groups excluding carboxylic acids is 2. The maximum Gasteiger partial charge on any atom is 0.251 e. The first-order valence-electron chi connectivity index (χ1n) is 8.14. The molecule has 0 radical (unpaired) electrons. The maximum absolute atomic E-state index is 12.2. The van der Waals surface area contributed by atoms with Gasteiger partial charge < -0.3 is 21.1 Å². The average Bonchev–Trinajstić information content (AvgIpc) is 3.09. The van der Waals surface area contributed by atoms with Crippen molar-refractivity contribution in [2.45, 2.75) is 38.3 Å². The van der Waals surface area contributed by atoms with Crippen molar-refractivity contribution in [2.75, 3.05) is 19.7 Å². The lowest BCUT2D eigenvalue weighted by Gasteiger charge is -2.11. The molecule has 1 heterocycles. The van der Waals surface area contributed by atoms with Crippen LogP contribution in [0.1, 0.15) is 41.6 Å². The molecular formula is C17H25N3O3. The Kier molecular flexibility index (Phi) is 7.03. The summed E-state index contributed by atoms with van der Waals surface area (Å²) in [7, 11) is 0. The van der Waals surface area contributed by atoms with Gasteiger partial charge in [-0.1, -0.05) is 12.1 Å². The van der Waals surface area contributed by atoms with Crippen LogP contribution in [-0.2, 0) is 16.1 Å². The van der Waals surface area contributed by atoms with Crippen LogP contribution in [0.2, 0.25) is 0 Å². The Morgan fingerprint density at radius 2 is 2.17 bits per heavy atom. The molecule has 1 aliphatic rings. The number of amides is 2. The molecule has 1 unspecified atom stereocenters. The van der Waals surface area contributed by atoms with Gasteiger partial charge in [-0.25, -0.2) is 0 Å². The van der Waals surface area contributed by atoms with E-state index >= 15 is 0 Å². The quantitative estimate of drug-likeness (QED) is 0.665. The zero-order valence-electron chi connectivity index (χ0n) is 13.3. The highest BCUT2D eigenvalue weighted by Crippen LogP contribution is 2.11. The first-order chi connectivity index (χ1) is 11.2. The van der Waals surface area contributed by atoms with Crippen molar-refractivity contribution in [1.29, 1.82) is 0 Å². The highest BCUT2D eigenvalue weighted by Gasteiger charge is 2.16. The molecule has 0 spiro atoms.